The van der Waals surface area contributed by atoms with E-state index in [0.717, 1.165) is 16.5 Å². The second-order valence-electron chi connectivity index (χ2n) is 4.91. The molecule has 0 radical (unpaired) electrons. The Morgan fingerprint density at radius 2 is 1.43 bits per heavy atom. The topological polar surface area (TPSA) is 12.9 Å². The van der Waals surface area contributed by atoms with Crippen LogP contribution in [-0.4, -0.2) is 11.2 Å². The van der Waals surface area contributed by atoms with Gasteiger partial charge in [0.15, 0.2) is 0 Å². The Balaban J connectivity index is 2.14. The summed E-state index contributed by atoms with van der Waals surface area (Å²) in [6, 6.07) is 12.9. The molecule has 116 valence electrons. The number of hydrogen-bond acceptors (Lipinski definition) is 2. The highest BCUT2D eigenvalue weighted by Crippen LogP contribution is 2.30. The van der Waals surface area contributed by atoms with Gasteiger partial charge >= 0.3 is 0 Å². The van der Waals surface area contributed by atoms with Gasteiger partial charge in [-0.2, -0.15) is 0 Å². The van der Waals surface area contributed by atoms with Crippen LogP contribution >= 0.6 is 11.8 Å². The van der Waals surface area contributed by atoms with Gasteiger partial charge in [0.2, 0.25) is 0 Å². The normalized spacial score (nSPS) is 10.8. The summed E-state index contributed by atoms with van der Waals surface area (Å²) in [5.41, 5.74) is 1.97. The van der Waals surface area contributed by atoms with Gasteiger partial charge in [0.1, 0.15) is 17.5 Å². The van der Waals surface area contributed by atoms with Crippen molar-refractivity contribution in [2.75, 3.05) is 6.26 Å². The van der Waals surface area contributed by atoms with E-state index in [-0.39, 0.29) is 11.4 Å². The summed E-state index contributed by atoms with van der Waals surface area (Å²) in [4.78, 5) is 5.33. The first-order valence-electron chi connectivity index (χ1n) is 6.84. The second kappa shape index (κ2) is 6.46. The molecule has 0 aliphatic carbocycles. The maximum atomic E-state index is 14.0. The first-order valence-corrected chi connectivity index (χ1v) is 8.07. The third-order valence-corrected chi connectivity index (χ3v) is 4.09. The van der Waals surface area contributed by atoms with Crippen LogP contribution < -0.4 is 0 Å². The van der Waals surface area contributed by atoms with E-state index in [9.17, 15) is 13.2 Å². The van der Waals surface area contributed by atoms with E-state index in [1.54, 1.807) is 18.2 Å². The summed E-state index contributed by atoms with van der Waals surface area (Å²) in [5.74, 6) is -1.63. The third-order valence-electron chi connectivity index (χ3n) is 3.38. The quantitative estimate of drug-likeness (QED) is 0.583. The molecule has 2 aromatic carbocycles. The molecular formula is C18H12F3NS. The van der Waals surface area contributed by atoms with Crippen molar-refractivity contribution in [1.82, 2.24) is 4.98 Å². The minimum absolute atomic E-state index is 0.227. The standard InChI is InChI=1S/C18H12F3NS/c1-23-14-9-17(11-2-4-12(19)5-3-11)22-18(10-14)15-7-6-13(20)8-16(15)21/h2-10H,1H3. The lowest BCUT2D eigenvalue weighted by molar-refractivity contribution is 0.585. The van der Waals surface area contributed by atoms with Crippen LogP contribution in [-0.2, 0) is 0 Å². The number of halogens is 3. The Hall–Kier alpha value is -2.27. The number of rotatable bonds is 3. The molecule has 0 N–H and O–H groups in total. The van der Waals surface area contributed by atoms with Gasteiger partial charge in [0, 0.05) is 22.1 Å². The van der Waals surface area contributed by atoms with Gasteiger partial charge in [0.05, 0.1) is 11.4 Å². The predicted molar refractivity (Wildman–Crippen MR) is 86.8 cm³/mol. The zero-order valence-electron chi connectivity index (χ0n) is 12.2. The number of hydrogen-bond donors (Lipinski definition) is 0. The van der Waals surface area contributed by atoms with Crippen molar-refractivity contribution in [2.24, 2.45) is 0 Å². The zero-order chi connectivity index (χ0) is 16.4. The summed E-state index contributed by atoms with van der Waals surface area (Å²) in [7, 11) is 0. The Morgan fingerprint density at radius 1 is 0.783 bits per heavy atom. The Morgan fingerprint density at radius 3 is 2.09 bits per heavy atom. The summed E-state index contributed by atoms with van der Waals surface area (Å²) in [6.07, 6.45) is 1.90. The smallest absolute Gasteiger partial charge is 0.135 e. The van der Waals surface area contributed by atoms with Gasteiger partial charge in [-0.1, -0.05) is 0 Å². The van der Waals surface area contributed by atoms with Crippen LogP contribution in [0.1, 0.15) is 0 Å². The van der Waals surface area contributed by atoms with E-state index in [2.05, 4.69) is 4.98 Å². The fourth-order valence-electron chi connectivity index (χ4n) is 2.23. The first kappa shape index (κ1) is 15.6. The highest BCUT2D eigenvalue weighted by Gasteiger charge is 2.11. The van der Waals surface area contributed by atoms with Gasteiger partial charge in [-0.3, -0.25) is 0 Å². The summed E-state index contributed by atoms with van der Waals surface area (Å²) in [6.45, 7) is 0. The zero-order valence-corrected chi connectivity index (χ0v) is 13.0. The first-order chi connectivity index (χ1) is 11.1. The maximum absolute atomic E-state index is 14.0. The van der Waals surface area contributed by atoms with Crippen molar-refractivity contribution in [3.05, 3.63) is 72.0 Å². The molecule has 0 unspecified atom stereocenters. The third kappa shape index (κ3) is 3.40. The fraction of sp³-hybridized carbons (Fsp3) is 0.0556. The molecule has 0 saturated carbocycles. The summed E-state index contributed by atoms with van der Waals surface area (Å²) >= 11 is 1.49. The lowest BCUT2D eigenvalue weighted by Crippen LogP contribution is -1.93. The number of aromatic nitrogens is 1. The van der Waals surface area contributed by atoms with Crippen LogP contribution in [0.5, 0.6) is 0 Å². The molecule has 0 spiro atoms. The van der Waals surface area contributed by atoms with Gasteiger partial charge in [-0.05, 0) is 54.8 Å². The highest BCUT2D eigenvalue weighted by molar-refractivity contribution is 7.98. The summed E-state index contributed by atoms with van der Waals surface area (Å²) in [5, 5.41) is 0. The molecule has 0 aliphatic heterocycles. The SMILES string of the molecule is CSc1cc(-c2ccc(F)cc2)nc(-c2ccc(F)cc2F)c1. The molecule has 3 rings (SSSR count). The van der Waals surface area contributed by atoms with Crippen molar-refractivity contribution in [1.29, 1.82) is 0 Å². The number of pyridine rings is 1. The molecule has 1 nitrogen and oxygen atoms in total. The van der Waals surface area contributed by atoms with Crippen LogP contribution in [0.3, 0.4) is 0 Å². The van der Waals surface area contributed by atoms with Crippen LogP contribution in [0.2, 0.25) is 0 Å². The van der Waals surface area contributed by atoms with Crippen LogP contribution in [0.15, 0.2) is 59.5 Å². The van der Waals surface area contributed by atoms with Crippen molar-refractivity contribution in [3.63, 3.8) is 0 Å². The average molecular weight is 331 g/mol. The molecule has 23 heavy (non-hydrogen) atoms. The predicted octanol–water partition coefficient (Wildman–Crippen LogP) is 5.55. The van der Waals surface area contributed by atoms with E-state index in [1.807, 2.05) is 12.3 Å². The van der Waals surface area contributed by atoms with E-state index >= 15 is 0 Å². The number of thioether (sulfide) groups is 1. The van der Waals surface area contributed by atoms with Gasteiger partial charge in [0.25, 0.3) is 0 Å². The Bertz CT molecular complexity index is 847. The minimum Gasteiger partial charge on any atom is -0.248 e. The molecule has 1 heterocycles. The monoisotopic (exact) mass is 331 g/mol. The number of benzene rings is 2. The van der Waals surface area contributed by atoms with Gasteiger partial charge in [-0.15, -0.1) is 11.8 Å². The molecule has 0 aliphatic rings. The molecule has 0 atom stereocenters. The largest absolute Gasteiger partial charge is 0.248 e. The Labute approximate surface area is 136 Å². The van der Waals surface area contributed by atoms with Crippen LogP contribution in [0.4, 0.5) is 13.2 Å². The van der Waals surface area contributed by atoms with Gasteiger partial charge < -0.3 is 0 Å². The molecule has 5 heteroatoms. The number of nitrogens with zero attached hydrogens (tertiary/aromatic N) is 1. The molecule has 0 saturated heterocycles. The summed E-state index contributed by atoms with van der Waals surface area (Å²) < 4.78 is 40.2. The molecular weight excluding hydrogens is 319 g/mol. The van der Waals surface area contributed by atoms with E-state index < -0.39 is 11.6 Å². The maximum Gasteiger partial charge on any atom is 0.135 e. The van der Waals surface area contributed by atoms with Crippen molar-refractivity contribution < 1.29 is 13.2 Å². The lowest BCUT2D eigenvalue weighted by Gasteiger charge is -2.09. The fourth-order valence-corrected chi connectivity index (χ4v) is 2.69. The molecule has 0 fully saturated rings. The molecule has 3 aromatic rings. The van der Waals surface area contributed by atoms with Crippen molar-refractivity contribution in [3.8, 4) is 22.5 Å². The Kier molecular flexibility index (Phi) is 4.39. The average Bonchev–Trinajstić information content (AvgIpc) is 2.55. The van der Waals surface area contributed by atoms with E-state index in [1.165, 1.54) is 36.0 Å². The van der Waals surface area contributed by atoms with Crippen molar-refractivity contribution >= 4 is 11.8 Å². The van der Waals surface area contributed by atoms with E-state index in [4.69, 9.17) is 0 Å². The minimum atomic E-state index is -0.666. The molecule has 0 bridgehead atoms. The van der Waals surface area contributed by atoms with E-state index in [0.29, 0.717) is 11.4 Å². The highest BCUT2D eigenvalue weighted by atomic mass is 32.2. The lowest BCUT2D eigenvalue weighted by atomic mass is 10.1. The van der Waals surface area contributed by atoms with Crippen LogP contribution in [0, 0.1) is 17.5 Å². The molecule has 0 amide bonds. The second-order valence-corrected chi connectivity index (χ2v) is 5.79. The molecule has 1 aromatic heterocycles. The van der Waals surface area contributed by atoms with Crippen molar-refractivity contribution in [2.45, 2.75) is 4.90 Å². The van der Waals surface area contributed by atoms with Crippen LogP contribution in [0.25, 0.3) is 22.5 Å². The van der Waals surface area contributed by atoms with Gasteiger partial charge in [-0.25, -0.2) is 18.2 Å².